The van der Waals surface area contributed by atoms with E-state index in [1.807, 2.05) is 0 Å². The number of carbonyl (C=O) groups is 2. The predicted octanol–water partition coefficient (Wildman–Crippen LogP) is -0.300. The zero-order chi connectivity index (χ0) is 36.0. The summed E-state index contributed by atoms with van der Waals surface area (Å²) in [5, 5.41) is 80.6. The summed E-state index contributed by atoms with van der Waals surface area (Å²) < 4.78 is 40.0. The lowest BCUT2D eigenvalue weighted by molar-refractivity contribution is -0.359. The van der Waals surface area contributed by atoms with Crippen molar-refractivity contribution in [3.05, 3.63) is 53.6 Å². The van der Waals surface area contributed by atoms with E-state index in [4.69, 9.17) is 33.2 Å². The number of aliphatic hydroxyl groups is 4. The van der Waals surface area contributed by atoms with Crippen LogP contribution >= 0.6 is 0 Å². The SMILES string of the molecule is COC(COC1OC(CO)C(OC(=O)C=Cc2ccc(O)c(O)c2)C(OC2OC(C)C(O)C(O)C2O)C1OC(C)=O)c1ccc(O)c(O)c1. The van der Waals surface area contributed by atoms with Crippen molar-refractivity contribution in [3.63, 3.8) is 0 Å². The van der Waals surface area contributed by atoms with E-state index in [2.05, 4.69) is 0 Å². The zero-order valence-corrected chi connectivity index (χ0v) is 26.6. The molecular weight excluding hydrogens is 656 g/mol. The molecule has 2 saturated heterocycles. The minimum absolute atomic E-state index is 0.305. The van der Waals surface area contributed by atoms with Crippen LogP contribution in [0.2, 0.25) is 0 Å². The van der Waals surface area contributed by atoms with Crippen LogP contribution in [-0.4, -0.2) is 135 Å². The molecular formula is C32H40O17. The molecule has 0 aliphatic carbocycles. The van der Waals surface area contributed by atoms with Crippen LogP contribution in [0.4, 0.5) is 0 Å². The summed E-state index contributed by atoms with van der Waals surface area (Å²) in [5.74, 6) is -3.49. The molecule has 2 aliphatic heterocycles. The normalized spacial score (nSPS) is 30.9. The molecule has 17 heteroatoms. The Balaban J connectivity index is 1.65. The highest BCUT2D eigenvalue weighted by Crippen LogP contribution is 2.35. The number of phenolic OH excluding ortho intramolecular Hbond substituents is 4. The van der Waals surface area contributed by atoms with Gasteiger partial charge in [-0.15, -0.1) is 0 Å². The average Bonchev–Trinajstić information content (AvgIpc) is 3.06. The molecule has 2 heterocycles. The minimum Gasteiger partial charge on any atom is -0.504 e. The number of phenols is 4. The second-order valence-electron chi connectivity index (χ2n) is 11.4. The lowest BCUT2D eigenvalue weighted by atomic mass is 9.96. The van der Waals surface area contributed by atoms with Gasteiger partial charge in [-0.25, -0.2) is 4.79 Å². The molecule has 0 bridgehead atoms. The van der Waals surface area contributed by atoms with E-state index in [9.17, 15) is 50.4 Å². The number of rotatable bonds is 12. The highest BCUT2D eigenvalue weighted by molar-refractivity contribution is 5.87. The van der Waals surface area contributed by atoms with Gasteiger partial charge in [0.15, 0.2) is 47.8 Å². The van der Waals surface area contributed by atoms with Crippen LogP contribution < -0.4 is 0 Å². The molecule has 11 unspecified atom stereocenters. The number of carbonyl (C=O) groups excluding carboxylic acids is 2. The Morgan fingerprint density at radius 1 is 0.837 bits per heavy atom. The maximum absolute atomic E-state index is 13.1. The fourth-order valence-electron chi connectivity index (χ4n) is 5.26. The standard InChI is InChI=1S/C32H40O17/c1-14-25(40)26(41)27(42)31(45-14)49-29-28(48-24(39)9-5-16-4-7-18(35)20(37)10-16)22(12-33)47-32(30(29)46-15(2)34)44-13-23(43-3)17-6-8-19(36)21(38)11-17/h4-11,14,22-23,25-33,35-38,40-42H,12-13H2,1-3H3. The van der Waals surface area contributed by atoms with Crippen LogP contribution in [0.1, 0.15) is 31.1 Å². The molecule has 0 saturated carbocycles. The first-order valence-corrected chi connectivity index (χ1v) is 15.1. The van der Waals surface area contributed by atoms with Gasteiger partial charge in [0.2, 0.25) is 0 Å². The van der Waals surface area contributed by atoms with Gasteiger partial charge >= 0.3 is 11.9 Å². The Morgan fingerprint density at radius 3 is 2.12 bits per heavy atom. The van der Waals surface area contributed by atoms with E-state index < -0.39 is 97.6 Å². The molecule has 0 aromatic heterocycles. The summed E-state index contributed by atoms with van der Waals surface area (Å²) in [6, 6.07) is 7.72. The van der Waals surface area contributed by atoms with E-state index in [0.29, 0.717) is 11.1 Å². The maximum atomic E-state index is 13.1. The summed E-state index contributed by atoms with van der Waals surface area (Å²) in [7, 11) is 1.34. The molecule has 2 fully saturated rings. The topological polar surface area (TPSA) is 261 Å². The first-order chi connectivity index (χ1) is 23.2. The molecule has 2 aromatic rings. The van der Waals surface area contributed by atoms with Crippen LogP contribution in [0, 0.1) is 0 Å². The van der Waals surface area contributed by atoms with Crippen LogP contribution in [0.25, 0.3) is 6.08 Å². The second-order valence-corrected chi connectivity index (χ2v) is 11.4. The molecule has 11 atom stereocenters. The second kappa shape index (κ2) is 16.6. The van der Waals surface area contributed by atoms with Gasteiger partial charge in [-0.2, -0.15) is 0 Å². The quantitative estimate of drug-likeness (QED) is 0.0805. The van der Waals surface area contributed by atoms with Crippen molar-refractivity contribution < 1.29 is 83.6 Å². The number of hydrogen-bond donors (Lipinski definition) is 8. The maximum Gasteiger partial charge on any atom is 0.331 e. The number of aromatic hydroxyl groups is 4. The van der Waals surface area contributed by atoms with E-state index in [1.54, 1.807) is 0 Å². The highest BCUT2D eigenvalue weighted by Gasteiger charge is 2.54. The first-order valence-electron chi connectivity index (χ1n) is 15.1. The Morgan fingerprint density at radius 2 is 1.51 bits per heavy atom. The van der Waals surface area contributed by atoms with Crippen molar-refractivity contribution in [2.24, 2.45) is 0 Å². The molecule has 0 radical (unpaired) electrons. The highest BCUT2D eigenvalue weighted by atomic mass is 16.8. The molecule has 49 heavy (non-hydrogen) atoms. The van der Waals surface area contributed by atoms with E-state index in [1.165, 1.54) is 56.5 Å². The van der Waals surface area contributed by atoms with Gasteiger partial charge in [0.1, 0.15) is 36.6 Å². The molecule has 2 aromatic carbocycles. The van der Waals surface area contributed by atoms with Crippen LogP contribution in [0.3, 0.4) is 0 Å². The average molecular weight is 697 g/mol. The molecule has 270 valence electrons. The molecule has 0 amide bonds. The Labute approximate surface area is 280 Å². The summed E-state index contributed by atoms with van der Waals surface area (Å²) >= 11 is 0. The van der Waals surface area contributed by atoms with Crippen molar-refractivity contribution in [3.8, 4) is 23.0 Å². The van der Waals surface area contributed by atoms with E-state index in [-0.39, 0.29) is 18.1 Å². The van der Waals surface area contributed by atoms with Gasteiger partial charge in [0.05, 0.1) is 19.3 Å². The Kier molecular flexibility index (Phi) is 12.8. The third kappa shape index (κ3) is 9.15. The third-order valence-electron chi connectivity index (χ3n) is 7.90. The lowest BCUT2D eigenvalue weighted by Gasteiger charge is -2.47. The largest absolute Gasteiger partial charge is 0.504 e. The van der Waals surface area contributed by atoms with Gasteiger partial charge in [-0.1, -0.05) is 12.1 Å². The van der Waals surface area contributed by atoms with Gasteiger partial charge in [0, 0.05) is 20.1 Å². The molecule has 0 spiro atoms. The summed E-state index contributed by atoms with van der Waals surface area (Å²) in [6.07, 6.45) is -14.2. The number of esters is 2. The Hall–Kier alpha value is -4.04. The number of hydrogen-bond acceptors (Lipinski definition) is 17. The smallest absolute Gasteiger partial charge is 0.331 e. The van der Waals surface area contributed by atoms with E-state index >= 15 is 0 Å². The number of ether oxygens (including phenoxy) is 7. The summed E-state index contributed by atoms with van der Waals surface area (Å²) in [5.41, 5.74) is 0.685. The van der Waals surface area contributed by atoms with Gasteiger partial charge < -0.3 is 74.0 Å². The van der Waals surface area contributed by atoms with Crippen LogP contribution in [0.15, 0.2) is 42.5 Å². The fourth-order valence-corrected chi connectivity index (χ4v) is 5.26. The molecule has 8 N–H and O–H groups in total. The van der Waals surface area contributed by atoms with Crippen LogP contribution in [-0.2, 0) is 42.7 Å². The fraction of sp³-hybridized carbons (Fsp3) is 0.500. The number of methoxy groups -OCH3 is 1. The predicted molar refractivity (Wildman–Crippen MR) is 163 cm³/mol. The summed E-state index contributed by atoms with van der Waals surface area (Å²) in [6.45, 7) is 1.35. The van der Waals surface area contributed by atoms with Crippen molar-refractivity contribution in [1.82, 2.24) is 0 Å². The van der Waals surface area contributed by atoms with Gasteiger partial charge in [0.25, 0.3) is 0 Å². The Bertz CT molecular complexity index is 1470. The molecule has 2 aliphatic rings. The van der Waals surface area contributed by atoms with E-state index in [0.717, 1.165) is 13.0 Å². The third-order valence-corrected chi connectivity index (χ3v) is 7.90. The molecule has 17 nitrogen and oxygen atoms in total. The lowest BCUT2D eigenvalue weighted by Crippen LogP contribution is -2.65. The number of aliphatic hydroxyl groups excluding tert-OH is 4. The van der Waals surface area contributed by atoms with Crippen molar-refractivity contribution in [1.29, 1.82) is 0 Å². The monoisotopic (exact) mass is 696 g/mol. The first kappa shape index (κ1) is 37.8. The van der Waals surface area contributed by atoms with Gasteiger partial charge in [-0.05, 0) is 48.4 Å². The molecule has 4 rings (SSSR count). The van der Waals surface area contributed by atoms with Crippen molar-refractivity contribution in [2.75, 3.05) is 20.3 Å². The van der Waals surface area contributed by atoms with Crippen LogP contribution in [0.5, 0.6) is 23.0 Å². The van der Waals surface area contributed by atoms with Crippen molar-refractivity contribution in [2.45, 2.75) is 81.4 Å². The zero-order valence-electron chi connectivity index (χ0n) is 26.6. The van der Waals surface area contributed by atoms with Gasteiger partial charge in [-0.3, -0.25) is 4.79 Å². The van der Waals surface area contributed by atoms with Crippen molar-refractivity contribution >= 4 is 18.0 Å². The minimum atomic E-state index is -1.84. The summed E-state index contributed by atoms with van der Waals surface area (Å²) in [4.78, 5) is 25.4. The number of benzene rings is 2.